The average Bonchev–Trinajstić information content (AvgIpc) is 2.44. The lowest BCUT2D eigenvalue weighted by molar-refractivity contribution is -0.116. The number of halogens is 2. The third kappa shape index (κ3) is 4.02. The van der Waals surface area contributed by atoms with E-state index in [0.717, 1.165) is 22.4 Å². The van der Waals surface area contributed by atoms with Crippen LogP contribution in [-0.2, 0) is 11.2 Å². The Balaban J connectivity index is 2.04. The van der Waals surface area contributed by atoms with Gasteiger partial charge in [-0.2, -0.15) is 0 Å². The van der Waals surface area contributed by atoms with E-state index >= 15 is 0 Å². The van der Waals surface area contributed by atoms with E-state index in [4.69, 9.17) is 23.2 Å². The van der Waals surface area contributed by atoms with Crippen molar-refractivity contribution in [2.45, 2.75) is 33.6 Å². The van der Waals surface area contributed by atoms with Gasteiger partial charge >= 0.3 is 0 Å². The molecule has 0 radical (unpaired) electrons. The van der Waals surface area contributed by atoms with E-state index in [0.29, 0.717) is 22.9 Å². The third-order valence-electron chi connectivity index (χ3n) is 3.59. The van der Waals surface area contributed by atoms with Crippen molar-refractivity contribution in [3.63, 3.8) is 0 Å². The van der Waals surface area contributed by atoms with Gasteiger partial charge < -0.3 is 5.32 Å². The fourth-order valence-corrected chi connectivity index (χ4v) is 2.98. The molecule has 0 aromatic heterocycles. The minimum atomic E-state index is -0.0221. The molecular weight excluding hydrogens is 317 g/mol. The third-order valence-corrected chi connectivity index (χ3v) is 4.45. The van der Waals surface area contributed by atoms with Crippen LogP contribution in [0.3, 0.4) is 0 Å². The molecule has 0 aliphatic carbocycles. The second-order valence-electron chi connectivity index (χ2n) is 5.53. The number of aryl methyl sites for hydroxylation is 4. The molecule has 0 aliphatic heterocycles. The Labute approximate surface area is 141 Å². The summed E-state index contributed by atoms with van der Waals surface area (Å²) in [6.45, 7) is 6.06. The van der Waals surface area contributed by atoms with Gasteiger partial charge in [0.2, 0.25) is 5.91 Å². The Kier molecular flexibility index (Phi) is 5.49. The fourth-order valence-electron chi connectivity index (χ4n) is 2.57. The number of benzene rings is 2. The molecule has 0 fully saturated rings. The molecule has 0 atom stereocenters. The molecule has 0 unspecified atom stereocenters. The van der Waals surface area contributed by atoms with Crippen LogP contribution in [-0.4, -0.2) is 5.91 Å². The Morgan fingerprint density at radius 2 is 1.73 bits per heavy atom. The minimum Gasteiger partial charge on any atom is -0.326 e. The van der Waals surface area contributed by atoms with Gasteiger partial charge in [-0.25, -0.2) is 0 Å². The van der Waals surface area contributed by atoms with Crippen molar-refractivity contribution in [3.8, 4) is 0 Å². The zero-order chi connectivity index (χ0) is 16.3. The summed E-state index contributed by atoms with van der Waals surface area (Å²) in [5, 5.41) is 4.04. The number of nitrogens with one attached hydrogen (secondary N) is 1. The van der Waals surface area contributed by atoms with Crippen LogP contribution in [0.4, 0.5) is 5.69 Å². The standard InChI is InChI=1S/C18H19Cl2NO/c1-11-9-12(2)18(13(3)10-11)21-16(22)8-7-14-5-4-6-15(19)17(14)20/h4-6,9-10H,7-8H2,1-3H3,(H,21,22). The monoisotopic (exact) mass is 335 g/mol. The highest BCUT2D eigenvalue weighted by molar-refractivity contribution is 6.42. The summed E-state index contributed by atoms with van der Waals surface area (Å²) in [5.74, 6) is -0.0221. The molecule has 1 N–H and O–H groups in total. The Bertz CT molecular complexity index is 687. The maximum Gasteiger partial charge on any atom is 0.224 e. The van der Waals surface area contributed by atoms with E-state index in [-0.39, 0.29) is 5.91 Å². The fraction of sp³-hybridized carbons (Fsp3) is 0.278. The van der Waals surface area contributed by atoms with Gasteiger partial charge in [-0.15, -0.1) is 0 Å². The first-order valence-corrected chi connectivity index (χ1v) is 7.94. The van der Waals surface area contributed by atoms with Gasteiger partial charge in [0.1, 0.15) is 0 Å². The average molecular weight is 336 g/mol. The van der Waals surface area contributed by atoms with Crippen molar-refractivity contribution in [1.82, 2.24) is 0 Å². The van der Waals surface area contributed by atoms with Crippen molar-refractivity contribution in [3.05, 3.63) is 62.6 Å². The molecule has 0 bridgehead atoms. The molecule has 22 heavy (non-hydrogen) atoms. The zero-order valence-corrected chi connectivity index (χ0v) is 14.5. The number of rotatable bonds is 4. The van der Waals surface area contributed by atoms with E-state index in [1.807, 2.05) is 32.9 Å². The van der Waals surface area contributed by atoms with Crippen molar-refractivity contribution in [1.29, 1.82) is 0 Å². The van der Waals surface area contributed by atoms with Crippen LogP contribution in [0.2, 0.25) is 10.0 Å². The summed E-state index contributed by atoms with van der Waals surface area (Å²) in [6, 6.07) is 9.61. The molecule has 0 spiro atoms. The molecule has 2 nitrogen and oxygen atoms in total. The summed E-state index contributed by atoms with van der Waals surface area (Å²) in [6.07, 6.45) is 0.933. The maximum absolute atomic E-state index is 12.2. The number of amides is 1. The van der Waals surface area contributed by atoms with Crippen molar-refractivity contribution in [2.75, 3.05) is 5.32 Å². The molecule has 0 saturated carbocycles. The maximum atomic E-state index is 12.2. The SMILES string of the molecule is Cc1cc(C)c(NC(=O)CCc2cccc(Cl)c2Cl)c(C)c1. The quantitative estimate of drug-likeness (QED) is 0.786. The summed E-state index contributed by atoms with van der Waals surface area (Å²) in [7, 11) is 0. The van der Waals surface area contributed by atoms with Crippen LogP contribution in [0.25, 0.3) is 0 Å². The number of carbonyl (C=O) groups excluding carboxylic acids is 1. The van der Waals surface area contributed by atoms with Crippen molar-refractivity contribution in [2.24, 2.45) is 0 Å². The van der Waals surface area contributed by atoms with E-state index in [9.17, 15) is 4.79 Å². The van der Waals surface area contributed by atoms with Crippen molar-refractivity contribution >= 4 is 34.8 Å². The van der Waals surface area contributed by atoms with Gasteiger partial charge in [0.15, 0.2) is 0 Å². The molecule has 4 heteroatoms. The predicted octanol–water partition coefficient (Wildman–Crippen LogP) is 5.49. The Hall–Kier alpha value is -1.51. The van der Waals surface area contributed by atoms with Gasteiger partial charge in [-0.1, -0.05) is 53.0 Å². The second kappa shape index (κ2) is 7.17. The van der Waals surface area contributed by atoms with Crippen LogP contribution < -0.4 is 5.32 Å². The summed E-state index contributed by atoms with van der Waals surface area (Å²) < 4.78 is 0. The Morgan fingerprint density at radius 3 is 2.36 bits per heavy atom. The molecule has 1 amide bonds. The second-order valence-corrected chi connectivity index (χ2v) is 6.32. The number of carbonyl (C=O) groups is 1. The van der Waals surface area contributed by atoms with Crippen molar-refractivity contribution < 1.29 is 4.79 Å². The molecular formula is C18H19Cl2NO. The highest BCUT2D eigenvalue weighted by Gasteiger charge is 2.10. The predicted molar refractivity (Wildman–Crippen MR) is 94.1 cm³/mol. The van der Waals surface area contributed by atoms with Crippen LogP contribution in [0.15, 0.2) is 30.3 Å². The summed E-state index contributed by atoms with van der Waals surface area (Å²) in [5.41, 5.74) is 5.13. The zero-order valence-electron chi connectivity index (χ0n) is 13.0. The summed E-state index contributed by atoms with van der Waals surface area (Å²) in [4.78, 5) is 12.2. The van der Waals surface area contributed by atoms with Crippen LogP contribution in [0.5, 0.6) is 0 Å². The van der Waals surface area contributed by atoms with Crippen LogP contribution in [0.1, 0.15) is 28.7 Å². The van der Waals surface area contributed by atoms with Crippen LogP contribution in [0, 0.1) is 20.8 Å². The van der Waals surface area contributed by atoms with E-state index < -0.39 is 0 Å². The summed E-state index contributed by atoms with van der Waals surface area (Å²) >= 11 is 12.1. The van der Waals surface area contributed by atoms with Gasteiger partial charge in [0.05, 0.1) is 10.0 Å². The smallest absolute Gasteiger partial charge is 0.224 e. The largest absolute Gasteiger partial charge is 0.326 e. The minimum absolute atomic E-state index is 0.0221. The van der Waals surface area contributed by atoms with Gasteiger partial charge in [-0.3, -0.25) is 4.79 Å². The normalized spacial score (nSPS) is 10.6. The van der Waals surface area contributed by atoms with Gasteiger partial charge in [0.25, 0.3) is 0 Å². The molecule has 0 saturated heterocycles. The van der Waals surface area contributed by atoms with Gasteiger partial charge in [0, 0.05) is 12.1 Å². The molecule has 0 heterocycles. The topological polar surface area (TPSA) is 29.1 Å². The number of anilines is 1. The molecule has 2 aromatic carbocycles. The molecule has 116 valence electrons. The van der Waals surface area contributed by atoms with Gasteiger partial charge in [-0.05, 0) is 49.9 Å². The lowest BCUT2D eigenvalue weighted by Crippen LogP contribution is -2.14. The molecule has 0 aliphatic rings. The highest BCUT2D eigenvalue weighted by Crippen LogP contribution is 2.27. The number of hydrogen-bond donors (Lipinski definition) is 1. The van der Waals surface area contributed by atoms with E-state index in [1.165, 1.54) is 5.56 Å². The molecule has 2 aromatic rings. The number of hydrogen-bond acceptors (Lipinski definition) is 1. The first kappa shape index (κ1) is 16.9. The first-order valence-electron chi connectivity index (χ1n) is 7.19. The van der Waals surface area contributed by atoms with E-state index in [1.54, 1.807) is 6.07 Å². The van der Waals surface area contributed by atoms with Crippen LogP contribution >= 0.6 is 23.2 Å². The molecule has 2 rings (SSSR count). The highest BCUT2D eigenvalue weighted by atomic mass is 35.5. The lowest BCUT2D eigenvalue weighted by Gasteiger charge is -2.13. The van der Waals surface area contributed by atoms with E-state index in [2.05, 4.69) is 17.4 Å². The Morgan fingerprint density at radius 1 is 1.09 bits per heavy atom. The lowest BCUT2D eigenvalue weighted by atomic mass is 10.0. The first-order chi connectivity index (χ1) is 10.4.